The quantitative estimate of drug-likeness (QED) is 0.354. The van der Waals surface area contributed by atoms with Crippen LogP contribution in [0.3, 0.4) is 0 Å². The molecule has 0 saturated carbocycles. The summed E-state index contributed by atoms with van der Waals surface area (Å²) in [6.07, 6.45) is 13.2. The lowest BCUT2D eigenvalue weighted by atomic mass is 9.88. The first kappa shape index (κ1) is 27.0. The Hall–Kier alpha value is -1.83. The highest BCUT2D eigenvalue weighted by Crippen LogP contribution is 2.21. The molecule has 0 amide bonds. The molecule has 1 atom stereocenters. The largest absolute Gasteiger partial charge is 0.461 e. The van der Waals surface area contributed by atoms with E-state index in [0.717, 1.165) is 6.42 Å². The molecule has 0 aromatic carbocycles. The Kier molecular flexibility index (Phi) is 23.8. The molecule has 0 bridgehead atoms. The summed E-state index contributed by atoms with van der Waals surface area (Å²) in [5, 5.41) is 0. The summed E-state index contributed by atoms with van der Waals surface area (Å²) in [5.41, 5.74) is 0. The van der Waals surface area contributed by atoms with E-state index in [1.807, 2.05) is 26.0 Å². The highest BCUT2D eigenvalue weighted by Gasteiger charge is 2.24. The van der Waals surface area contributed by atoms with Gasteiger partial charge in [0.1, 0.15) is 6.61 Å². The fourth-order valence-electron chi connectivity index (χ4n) is 1.69. The molecule has 0 fully saturated rings. The molecule has 0 N–H and O–H groups in total. The van der Waals surface area contributed by atoms with Crippen LogP contribution in [0, 0.1) is 17.8 Å². The van der Waals surface area contributed by atoms with E-state index in [4.69, 9.17) is 4.74 Å². The van der Waals surface area contributed by atoms with E-state index in [0.29, 0.717) is 18.4 Å². The van der Waals surface area contributed by atoms with Gasteiger partial charge in [-0.2, -0.15) is 0 Å². The second-order valence-electron chi connectivity index (χ2n) is 5.63. The lowest BCUT2D eigenvalue weighted by molar-refractivity contribution is -0.149. The van der Waals surface area contributed by atoms with Gasteiger partial charge in [0.05, 0.1) is 5.92 Å². The average molecular weight is 335 g/mol. The fraction of sp³-hybridized carbons (Fsp3) is 0.500. The zero-order chi connectivity index (χ0) is 19.4. The molecule has 2 nitrogen and oxygen atoms in total. The minimum atomic E-state index is -0.0857. The van der Waals surface area contributed by atoms with E-state index < -0.39 is 0 Å². The van der Waals surface area contributed by atoms with Gasteiger partial charge in [-0.3, -0.25) is 4.79 Å². The fourth-order valence-corrected chi connectivity index (χ4v) is 1.69. The number of carbonyl (C=O) groups is 1. The molecular formula is C22H38O2. The lowest BCUT2D eigenvalue weighted by Gasteiger charge is -2.20. The Morgan fingerprint density at radius 2 is 1.38 bits per heavy atom. The summed E-state index contributed by atoms with van der Waals surface area (Å²) < 4.78 is 5.19. The first-order valence-electron chi connectivity index (χ1n) is 8.74. The van der Waals surface area contributed by atoms with Crippen LogP contribution in [0.25, 0.3) is 0 Å². The second kappa shape index (κ2) is 21.2. The maximum absolute atomic E-state index is 11.8. The first-order valence-corrected chi connectivity index (χ1v) is 8.74. The normalized spacial score (nSPS) is 11.3. The average Bonchev–Trinajstić information content (AvgIpc) is 2.56. The van der Waals surface area contributed by atoms with E-state index in [9.17, 15) is 4.79 Å². The van der Waals surface area contributed by atoms with Crippen molar-refractivity contribution in [1.29, 1.82) is 0 Å². The van der Waals surface area contributed by atoms with Gasteiger partial charge in [-0.25, -0.2) is 0 Å². The predicted molar refractivity (Wildman–Crippen MR) is 109 cm³/mol. The van der Waals surface area contributed by atoms with Gasteiger partial charge in [-0.1, -0.05) is 97.7 Å². The molecule has 24 heavy (non-hydrogen) atoms. The Balaban J connectivity index is -0.000000462. The molecule has 0 aromatic heterocycles. The van der Waals surface area contributed by atoms with Crippen molar-refractivity contribution in [3.63, 3.8) is 0 Å². The summed E-state index contributed by atoms with van der Waals surface area (Å²) >= 11 is 0. The number of hydrogen-bond acceptors (Lipinski definition) is 2. The van der Waals surface area contributed by atoms with E-state index in [1.54, 1.807) is 30.4 Å². The van der Waals surface area contributed by atoms with E-state index in [-0.39, 0.29) is 11.9 Å². The lowest BCUT2D eigenvalue weighted by Crippen LogP contribution is -2.24. The van der Waals surface area contributed by atoms with Crippen molar-refractivity contribution in [3.8, 4) is 0 Å². The summed E-state index contributed by atoms with van der Waals surface area (Å²) in [4.78, 5) is 11.8. The van der Waals surface area contributed by atoms with Crippen molar-refractivity contribution >= 4 is 5.97 Å². The molecule has 2 heteroatoms. The van der Waals surface area contributed by atoms with Gasteiger partial charge in [0, 0.05) is 0 Å². The third kappa shape index (κ3) is 20.2. The minimum absolute atomic E-state index is 0.0112. The molecule has 0 aliphatic rings. The van der Waals surface area contributed by atoms with Crippen LogP contribution in [0.2, 0.25) is 0 Å². The van der Waals surface area contributed by atoms with Crippen LogP contribution in [0.15, 0.2) is 62.3 Å². The maximum Gasteiger partial charge on any atom is 0.309 e. The standard InChI is InChI=1S/C14H24O2.C6H8.C2H6/c1-6-7-8-9-16-14(15)13(12(4)5)10-11(2)3;1-3-5-6-4-2;1-2/h6-8,11-13H,1,9-10H2,2-5H3;3-6H,1-2H2;1-2H3/b8-7+;6-5+;. The zero-order valence-corrected chi connectivity index (χ0v) is 16.6. The number of carbonyl (C=O) groups excluding carboxylic acids is 1. The number of rotatable bonds is 9. The minimum Gasteiger partial charge on any atom is -0.461 e. The highest BCUT2D eigenvalue weighted by atomic mass is 16.5. The number of hydrogen-bond donors (Lipinski definition) is 0. The van der Waals surface area contributed by atoms with Gasteiger partial charge < -0.3 is 4.74 Å². The van der Waals surface area contributed by atoms with Crippen molar-refractivity contribution in [2.24, 2.45) is 17.8 Å². The van der Waals surface area contributed by atoms with Crippen LogP contribution in [0.1, 0.15) is 48.0 Å². The number of allylic oxidation sites excluding steroid dienone is 6. The summed E-state index contributed by atoms with van der Waals surface area (Å²) in [7, 11) is 0. The molecule has 0 heterocycles. The van der Waals surface area contributed by atoms with E-state index in [2.05, 4.69) is 47.4 Å². The third-order valence-corrected chi connectivity index (χ3v) is 2.81. The molecule has 1 unspecified atom stereocenters. The molecular weight excluding hydrogens is 296 g/mol. The maximum atomic E-state index is 11.8. The molecule has 0 spiro atoms. The van der Waals surface area contributed by atoms with Gasteiger partial charge in [-0.05, 0) is 24.3 Å². The second-order valence-corrected chi connectivity index (χ2v) is 5.63. The van der Waals surface area contributed by atoms with Crippen molar-refractivity contribution < 1.29 is 9.53 Å². The molecule has 0 aliphatic carbocycles. The van der Waals surface area contributed by atoms with Gasteiger partial charge in [0.2, 0.25) is 0 Å². The van der Waals surface area contributed by atoms with Gasteiger partial charge in [-0.15, -0.1) is 0 Å². The number of ether oxygens (including phenoxy) is 1. The van der Waals surface area contributed by atoms with Crippen LogP contribution in [-0.4, -0.2) is 12.6 Å². The topological polar surface area (TPSA) is 26.3 Å². The van der Waals surface area contributed by atoms with Gasteiger partial charge in [0.25, 0.3) is 0 Å². The Labute approximate surface area is 150 Å². The predicted octanol–water partition coefficient (Wildman–Crippen LogP) is 6.53. The summed E-state index contributed by atoms with van der Waals surface area (Å²) in [6.45, 7) is 23.2. The van der Waals surface area contributed by atoms with Crippen LogP contribution in [-0.2, 0) is 9.53 Å². The summed E-state index contributed by atoms with van der Waals surface area (Å²) in [5.74, 6) is 0.775. The molecule has 0 rings (SSSR count). The molecule has 0 saturated heterocycles. The first-order chi connectivity index (χ1) is 11.4. The molecule has 0 aromatic rings. The van der Waals surface area contributed by atoms with Gasteiger partial charge in [0.15, 0.2) is 0 Å². The van der Waals surface area contributed by atoms with Crippen LogP contribution >= 0.6 is 0 Å². The van der Waals surface area contributed by atoms with Crippen molar-refractivity contribution in [2.45, 2.75) is 48.0 Å². The van der Waals surface area contributed by atoms with Crippen molar-refractivity contribution in [1.82, 2.24) is 0 Å². The monoisotopic (exact) mass is 334 g/mol. The van der Waals surface area contributed by atoms with E-state index >= 15 is 0 Å². The van der Waals surface area contributed by atoms with Crippen LogP contribution in [0.4, 0.5) is 0 Å². The summed E-state index contributed by atoms with van der Waals surface area (Å²) in [6, 6.07) is 0. The number of esters is 1. The molecule has 138 valence electrons. The Morgan fingerprint density at radius 3 is 1.71 bits per heavy atom. The van der Waals surface area contributed by atoms with Crippen molar-refractivity contribution in [3.05, 3.63) is 62.3 Å². The smallest absolute Gasteiger partial charge is 0.309 e. The Morgan fingerprint density at radius 1 is 0.917 bits per heavy atom. The highest BCUT2D eigenvalue weighted by molar-refractivity contribution is 5.72. The molecule has 0 radical (unpaired) electrons. The van der Waals surface area contributed by atoms with Gasteiger partial charge >= 0.3 is 5.97 Å². The van der Waals surface area contributed by atoms with Crippen molar-refractivity contribution in [2.75, 3.05) is 6.61 Å². The zero-order valence-electron chi connectivity index (χ0n) is 16.6. The third-order valence-electron chi connectivity index (χ3n) is 2.81. The molecule has 0 aliphatic heterocycles. The SMILES string of the molecule is C=C/C=C/C=C.C=C/C=C/COC(=O)C(CC(C)C)C(C)C.CC. The van der Waals surface area contributed by atoms with E-state index in [1.165, 1.54) is 0 Å². The van der Waals surface area contributed by atoms with Crippen LogP contribution < -0.4 is 0 Å². The van der Waals surface area contributed by atoms with Crippen LogP contribution in [0.5, 0.6) is 0 Å². The Bertz CT molecular complexity index is 363.